The third-order valence-corrected chi connectivity index (χ3v) is 2.12. The van der Waals surface area contributed by atoms with Gasteiger partial charge in [0.25, 0.3) is 0 Å². The van der Waals surface area contributed by atoms with Crippen molar-refractivity contribution in [2.75, 3.05) is 6.61 Å². The van der Waals surface area contributed by atoms with Crippen molar-refractivity contribution in [2.45, 2.75) is 33.6 Å². The van der Waals surface area contributed by atoms with Gasteiger partial charge in [0.2, 0.25) is 0 Å². The Balaban J connectivity index is 3.89. The summed E-state index contributed by atoms with van der Waals surface area (Å²) in [5.74, 6) is 0. The second-order valence-corrected chi connectivity index (χ2v) is 3.84. The van der Waals surface area contributed by atoms with Gasteiger partial charge in [0.1, 0.15) is 0 Å². The van der Waals surface area contributed by atoms with Gasteiger partial charge >= 0.3 is 0 Å². The molecule has 0 spiro atoms. The monoisotopic (exact) mass is 168 g/mol. The van der Waals surface area contributed by atoms with E-state index in [-0.39, 0.29) is 12.0 Å². The normalized spacial score (nSPS) is 15.0. The highest BCUT2D eigenvalue weighted by Crippen LogP contribution is 2.23. The second-order valence-electron chi connectivity index (χ2n) is 3.84. The molecule has 0 unspecified atom stereocenters. The van der Waals surface area contributed by atoms with Crippen LogP contribution in [0.25, 0.3) is 0 Å². The van der Waals surface area contributed by atoms with Gasteiger partial charge in [-0.05, 0) is 26.7 Å². The van der Waals surface area contributed by atoms with Crippen LogP contribution < -0.4 is 0 Å². The van der Waals surface area contributed by atoms with Gasteiger partial charge in [-0.1, -0.05) is 24.6 Å². The number of aliphatic hydroxyl groups is 1. The Kier molecular flexibility index (Phi) is 4.91. The molecule has 0 radical (unpaired) electrons. The van der Waals surface area contributed by atoms with Crippen molar-refractivity contribution in [1.29, 1.82) is 0 Å². The van der Waals surface area contributed by atoms with E-state index in [9.17, 15) is 0 Å². The molecule has 1 heteroatoms. The predicted octanol–water partition coefficient (Wildman–Crippen LogP) is 2.92. The Morgan fingerprint density at radius 2 is 2.08 bits per heavy atom. The second kappa shape index (κ2) is 5.15. The summed E-state index contributed by atoms with van der Waals surface area (Å²) in [6, 6.07) is 0. The lowest BCUT2D eigenvalue weighted by Gasteiger charge is -2.21. The lowest BCUT2D eigenvalue weighted by atomic mass is 9.86. The lowest BCUT2D eigenvalue weighted by Crippen LogP contribution is -2.17. The highest BCUT2D eigenvalue weighted by atomic mass is 16.3. The predicted molar refractivity (Wildman–Crippen MR) is 54.1 cm³/mol. The fourth-order valence-electron chi connectivity index (χ4n) is 0.936. The first-order valence-electron chi connectivity index (χ1n) is 4.42. The Morgan fingerprint density at radius 3 is 2.42 bits per heavy atom. The fourth-order valence-corrected chi connectivity index (χ4v) is 0.936. The maximum absolute atomic E-state index is 9.06. The van der Waals surface area contributed by atoms with Gasteiger partial charge in [-0.2, -0.15) is 0 Å². The largest absolute Gasteiger partial charge is 0.395 e. The third kappa shape index (κ3) is 4.35. The van der Waals surface area contributed by atoms with Crippen LogP contribution in [0.2, 0.25) is 0 Å². The molecule has 0 rings (SSSR count). The molecule has 0 aromatic rings. The van der Waals surface area contributed by atoms with Crippen molar-refractivity contribution in [3.63, 3.8) is 0 Å². The summed E-state index contributed by atoms with van der Waals surface area (Å²) in [6.45, 7) is 10.1. The molecule has 0 saturated carbocycles. The van der Waals surface area contributed by atoms with Gasteiger partial charge in [0.05, 0.1) is 6.61 Å². The molecule has 0 fully saturated rings. The van der Waals surface area contributed by atoms with E-state index >= 15 is 0 Å². The molecule has 12 heavy (non-hydrogen) atoms. The maximum Gasteiger partial charge on any atom is 0.0519 e. The van der Waals surface area contributed by atoms with Crippen LogP contribution in [0.5, 0.6) is 0 Å². The Labute approximate surface area is 75.8 Å². The molecule has 0 heterocycles. The van der Waals surface area contributed by atoms with Gasteiger partial charge in [-0.3, -0.25) is 0 Å². The van der Waals surface area contributed by atoms with Crippen LogP contribution in [0.15, 0.2) is 24.3 Å². The van der Waals surface area contributed by atoms with E-state index < -0.39 is 0 Å². The SMILES string of the molecule is C=C[C@@](C)(CO)CCC=C(C)C. The first kappa shape index (κ1) is 11.4. The van der Waals surface area contributed by atoms with Crippen molar-refractivity contribution in [1.82, 2.24) is 0 Å². The summed E-state index contributed by atoms with van der Waals surface area (Å²) >= 11 is 0. The highest BCUT2D eigenvalue weighted by Gasteiger charge is 2.17. The fraction of sp³-hybridized carbons (Fsp3) is 0.636. The topological polar surface area (TPSA) is 20.2 Å². The summed E-state index contributed by atoms with van der Waals surface area (Å²) in [7, 11) is 0. The third-order valence-electron chi connectivity index (χ3n) is 2.12. The van der Waals surface area contributed by atoms with Crippen molar-refractivity contribution in [3.05, 3.63) is 24.3 Å². The first-order valence-corrected chi connectivity index (χ1v) is 4.42. The summed E-state index contributed by atoms with van der Waals surface area (Å²) in [6.07, 6.45) is 6.02. The van der Waals surface area contributed by atoms with Gasteiger partial charge in [0.15, 0.2) is 0 Å². The molecule has 0 bridgehead atoms. The van der Waals surface area contributed by atoms with E-state index in [4.69, 9.17) is 5.11 Å². The molecule has 1 atom stereocenters. The van der Waals surface area contributed by atoms with Crippen LogP contribution in [0.3, 0.4) is 0 Å². The Bertz CT molecular complexity index is 166. The maximum atomic E-state index is 9.06. The molecule has 1 N–H and O–H groups in total. The quantitative estimate of drug-likeness (QED) is 0.626. The minimum Gasteiger partial charge on any atom is -0.395 e. The molecule has 70 valence electrons. The minimum atomic E-state index is -0.105. The average molecular weight is 168 g/mol. The van der Waals surface area contributed by atoms with E-state index in [1.54, 1.807) is 0 Å². The van der Waals surface area contributed by atoms with Crippen LogP contribution in [-0.4, -0.2) is 11.7 Å². The molecule has 0 aliphatic carbocycles. The van der Waals surface area contributed by atoms with Gasteiger partial charge in [-0.15, -0.1) is 6.58 Å². The molecule has 0 saturated heterocycles. The number of rotatable bonds is 5. The Morgan fingerprint density at radius 1 is 1.50 bits per heavy atom. The van der Waals surface area contributed by atoms with E-state index in [1.165, 1.54) is 5.57 Å². The van der Waals surface area contributed by atoms with Crippen molar-refractivity contribution in [3.8, 4) is 0 Å². The van der Waals surface area contributed by atoms with Gasteiger partial charge < -0.3 is 5.11 Å². The van der Waals surface area contributed by atoms with Crippen LogP contribution in [-0.2, 0) is 0 Å². The number of allylic oxidation sites excluding steroid dienone is 2. The van der Waals surface area contributed by atoms with Crippen LogP contribution in [0.1, 0.15) is 33.6 Å². The molecule has 0 aliphatic rings. The van der Waals surface area contributed by atoms with Crippen LogP contribution in [0, 0.1) is 5.41 Å². The molecule has 1 nitrogen and oxygen atoms in total. The van der Waals surface area contributed by atoms with Gasteiger partial charge in [-0.25, -0.2) is 0 Å². The van der Waals surface area contributed by atoms with Crippen molar-refractivity contribution < 1.29 is 5.11 Å². The molecular weight excluding hydrogens is 148 g/mol. The molecular formula is C11H20O. The molecule has 0 aromatic heterocycles. The molecule has 0 amide bonds. The van der Waals surface area contributed by atoms with E-state index in [2.05, 4.69) is 26.5 Å². The zero-order valence-corrected chi connectivity index (χ0v) is 8.43. The van der Waals surface area contributed by atoms with Crippen LogP contribution in [0.4, 0.5) is 0 Å². The zero-order valence-electron chi connectivity index (χ0n) is 8.43. The lowest BCUT2D eigenvalue weighted by molar-refractivity contribution is 0.176. The summed E-state index contributed by atoms with van der Waals surface area (Å²) < 4.78 is 0. The molecule has 0 aromatic carbocycles. The highest BCUT2D eigenvalue weighted by molar-refractivity contribution is 4.97. The molecule has 0 aliphatic heterocycles. The van der Waals surface area contributed by atoms with E-state index in [0.717, 1.165) is 12.8 Å². The minimum absolute atomic E-state index is 0.105. The van der Waals surface area contributed by atoms with Crippen LogP contribution >= 0.6 is 0 Å². The number of hydrogen-bond acceptors (Lipinski definition) is 1. The standard InChI is InChI=1S/C11H20O/c1-5-11(4,9-12)8-6-7-10(2)3/h5,7,12H,1,6,8-9H2,2-4H3/t11-/m1/s1. The zero-order chi connectivity index (χ0) is 9.61. The number of hydrogen-bond donors (Lipinski definition) is 1. The van der Waals surface area contributed by atoms with Gasteiger partial charge in [0, 0.05) is 5.41 Å². The van der Waals surface area contributed by atoms with Crippen molar-refractivity contribution >= 4 is 0 Å². The van der Waals surface area contributed by atoms with Crippen molar-refractivity contribution in [2.24, 2.45) is 5.41 Å². The van der Waals surface area contributed by atoms with E-state index in [0.29, 0.717) is 0 Å². The van der Waals surface area contributed by atoms with E-state index in [1.807, 2.05) is 13.0 Å². The first-order chi connectivity index (χ1) is 5.54. The smallest absolute Gasteiger partial charge is 0.0519 e. The number of aliphatic hydroxyl groups excluding tert-OH is 1. The summed E-state index contributed by atoms with van der Waals surface area (Å²) in [4.78, 5) is 0. The summed E-state index contributed by atoms with van der Waals surface area (Å²) in [5, 5.41) is 9.06. The average Bonchev–Trinajstić information content (AvgIpc) is 2.03. The Hall–Kier alpha value is -0.560. The summed E-state index contributed by atoms with van der Waals surface area (Å²) in [5.41, 5.74) is 1.23.